The van der Waals surface area contributed by atoms with Gasteiger partial charge in [-0.2, -0.15) is 0 Å². The Morgan fingerprint density at radius 1 is 1.17 bits per heavy atom. The van der Waals surface area contributed by atoms with Gasteiger partial charge >= 0.3 is 18.0 Å². The Labute approximate surface area is 177 Å². The summed E-state index contributed by atoms with van der Waals surface area (Å²) >= 11 is 5.94. The molecule has 10 heteroatoms. The van der Waals surface area contributed by atoms with Gasteiger partial charge in [0.1, 0.15) is 17.9 Å². The summed E-state index contributed by atoms with van der Waals surface area (Å²) < 4.78 is 15.5. The van der Waals surface area contributed by atoms with Crippen LogP contribution in [0.5, 0.6) is 0 Å². The van der Waals surface area contributed by atoms with Gasteiger partial charge in [0.05, 0.1) is 29.6 Å². The molecule has 1 aromatic carbocycles. The minimum absolute atomic E-state index is 0.122. The van der Waals surface area contributed by atoms with Gasteiger partial charge in [0.15, 0.2) is 0 Å². The number of aryl methyl sites for hydroxylation is 2. The molecule has 1 aromatic heterocycles. The standard InChI is InChI=1S/C20H20ClN3O6/c1-4-28-19(26)16-14(9-29-18(25)15-10(2)24-30-11(15)3)22-20(27)23-17(16)12-5-7-13(21)8-6-12/h5-8,17H,4,9H2,1-3H3,(H2,22,23,27)/t17-/m1/s1. The Hall–Kier alpha value is -3.33. The molecule has 3 rings (SSSR count). The lowest BCUT2D eigenvalue weighted by molar-refractivity contribution is -0.139. The van der Waals surface area contributed by atoms with Gasteiger partial charge in [-0.15, -0.1) is 0 Å². The Kier molecular flexibility index (Phi) is 6.41. The molecule has 0 fully saturated rings. The zero-order valence-corrected chi connectivity index (χ0v) is 17.3. The van der Waals surface area contributed by atoms with Crippen molar-refractivity contribution in [3.63, 3.8) is 0 Å². The summed E-state index contributed by atoms with van der Waals surface area (Å²) in [4.78, 5) is 37.4. The topological polar surface area (TPSA) is 120 Å². The molecule has 1 atom stereocenters. The minimum atomic E-state index is -0.803. The maximum Gasteiger partial charge on any atom is 0.344 e. The van der Waals surface area contributed by atoms with Crippen molar-refractivity contribution in [3.8, 4) is 0 Å². The minimum Gasteiger partial charge on any atom is -0.463 e. The highest BCUT2D eigenvalue weighted by Crippen LogP contribution is 2.29. The molecule has 9 nitrogen and oxygen atoms in total. The summed E-state index contributed by atoms with van der Waals surface area (Å²) in [6.45, 7) is 4.65. The zero-order valence-electron chi connectivity index (χ0n) is 16.6. The quantitative estimate of drug-likeness (QED) is 0.672. The van der Waals surface area contributed by atoms with E-state index in [1.807, 2.05) is 0 Å². The van der Waals surface area contributed by atoms with E-state index in [1.54, 1.807) is 45.0 Å². The van der Waals surface area contributed by atoms with Crippen LogP contribution in [0.2, 0.25) is 5.02 Å². The van der Waals surface area contributed by atoms with Crippen molar-refractivity contribution >= 4 is 29.6 Å². The molecule has 0 spiro atoms. The molecule has 30 heavy (non-hydrogen) atoms. The van der Waals surface area contributed by atoms with Crippen molar-refractivity contribution < 1.29 is 28.4 Å². The molecular formula is C20H20ClN3O6. The highest BCUT2D eigenvalue weighted by Gasteiger charge is 2.34. The second-order valence-corrected chi connectivity index (χ2v) is 6.91. The molecule has 0 bridgehead atoms. The SMILES string of the molecule is CCOC(=O)C1=C(COC(=O)c2c(C)noc2C)NC(=O)N[C@@H]1c1ccc(Cl)cc1. The van der Waals surface area contributed by atoms with E-state index in [1.165, 1.54) is 0 Å². The van der Waals surface area contributed by atoms with Gasteiger partial charge in [-0.3, -0.25) is 0 Å². The van der Waals surface area contributed by atoms with E-state index in [0.29, 0.717) is 22.0 Å². The van der Waals surface area contributed by atoms with Crippen molar-refractivity contribution in [2.75, 3.05) is 13.2 Å². The fourth-order valence-corrected chi connectivity index (χ4v) is 3.20. The Morgan fingerprint density at radius 2 is 1.87 bits per heavy atom. The van der Waals surface area contributed by atoms with Crippen molar-refractivity contribution in [2.24, 2.45) is 0 Å². The van der Waals surface area contributed by atoms with Gasteiger partial charge in [-0.25, -0.2) is 14.4 Å². The van der Waals surface area contributed by atoms with Gasteiger partial charge < -0.3 is 24.6 Å². The fourth-order valence-electron chi connectivity index (χ4n) is 3.07. The number of rotatable bonds is 6. The molecule has 0 unspecified atom stereocenters. The number of nitrogens with zero attached hydrogens (tertiary/aromatic N) is 1. The van der Waals surface area contributed by atoms with E-state index in [-0.39, 0.29) is 30.0 Å². The molecule has 0 radical (unpaired) electrons. The molecule has 0 aliphatic carbocycles. The molecule has 2 heterocycles. The average molecular weight is 434 g/mol. The number of benzene rings is 1. The summed E-state index contributed by atoms with van der Waals surface area (Å²) in [7, 11) is 0. The molecule has 2 N–H and O–H groups in total. The second-order valence-electron chi connectivity index (χ2n) is 6.47. The number of carbonyl (C=O) groups is 3. The number of halogens is 1. The number of aromatic nitrogens is 1. The highest BCUT2D eigenvalue weighted by molar-refractivity contribution is 6.30. The lowest BCUT2D eigenvalue weighted by Crippen LogP contribution is -2.47. The molecule has 1 aliphatic heterocycles. The van der Waals surface area contributed by atoms with E-state index in [4.69, 9.17) is 25.6 Å². The first-order valence-electron chi connectivity index (χ1n) is 9.15. The van der Waals surface area contributed by atoms with Crippen molar-refractivity contribution in [3.05, 3.63) is 63.1 Å². The van der Waals surface area contributed by atoms with E-state index in [2.05, 4.69) is 15.8 Å². The van der Waals surface area contributed by atoms with E-state index in [0.717, 1.165) is 0 Å². The van der Waals surface area contributed by atoms with Gasteiger partial charge in [0.2, 0.25) is 0 Å². The highest BCUT2D eigenvalue weighted by atomic mass is 35.5. The molecular weight excluding hydrogens is 414 g/mol. The van der Waals surface area contributed by atoms with Gasteiger partial charge in [-0.05, 0) is 38.5 Å². The first kappa shape index (κ1) is 21.4. The Balaban J connectivity index is 1.94. The molecule has 0 saturated heterocycles. The third kappa shape index (κ3) is 4.46. The summed E-state index contributed by atoms with van der Waals surface area (Å²) in [5.41, 5.74) is 1.45. The molecule has 2 aromatic rings. The monoisotopic (exact) mass is 433 g/mol. The number of esters is 2. The molecule has 1 aliphatic rings. The molecule has 0 saturated carbocycles. The summed E-state index contributed by atoms with van der Waals surface area (Å²) in [5, 5.41) is 9.45. The molecule has 2 amide bonds. The van der Waals surface area contributed by atoms with Crippen LogP contribution in [0.4, 0.5) is 4.79 Å². The summed E-state index contributed by atoms with van der Waals surface area (Å²) in [6.07, 6.45) is 0. The number of ether oxygens (including phenoxy) is 2. The maximum atomic E-state index is 12.7. The molecule has 158 valence electrons. The number of carbonyl (C=O) groups excluding carboxylic acids is 3. The second kappa shape index (κ2) is 9.00. The van der Waals surface area contributed by atoms with Crippen LogP contribution < -0.4 is 10.6 Å². The van der Waals surface area contributed by atoms with Crippen LogP contribution in [0.15, 0.2) is 40.1 Å². The first-order valence-corrected chi connectivity index (χ1v) is 9.52. The van der Waals surface area contributed by atoms with Crippen LogP contribution in [0, 0.1) is 13.8 Å². The van der Waals surface area contributed by atoms with E-state index >= 15 is 0 Å². The number of amides is 2. The normalized spacial score (nSPS) is 16.0. The number of hydrogen-bond donors (Lipinski definition) is 2. The Morgan fingerprint density at radius 3 is 2.47 bits per heavy atom. The average Bonchev–Trinajstić information content (AvgIpc) is 3.04. The first-order chi connectivity index (χ1) is 14.3. The van der Waals surface area contributed by atoms with Gasteiger partial charge in [0.25, 0.3) is 0 Å². The zero-order chi connectivity index (χ0) is 21.8. The van der Waals surface area contributed by atoms with Crippen LogP contribution in [0.1, 0.15) is 40.3 Å². The van der Waals surface area contributed by atoms with Crippen LogP contribution in [-0.4, -0.2) is 36.3 Å². The third-order valence-corrected chi connectivity index (χ3v) is 4.69. The Bertz CT molecular complexity index is 993. The van der Waals surface area contributed by atoms with Gasteiger partial charge in [0, 0.05) is 5.02 Å². The number of urea groups is 1. The number of nitrogens with one attached hydrogen (secondary N) is 2. The van der Waals surface area contributed by atoms with Crippen LogP contribution >= 0.6 is 11.6 Å². The van der Waals surface area contributed by atoms with Crippen molar-refractivity contribution in [2.45, 2.75) is 26.8 Å². The van der Waals surface area contributed by atoms with Crippen molar-refractivity contribution in [1.29, 1.82) is 0 Å². The van der Waals surface area contributed by atoms with Crippen LogP contribution in [0.3, 0.4) is 0 Å². The largest absolute Gasteiger partial charge is 0.463 e. The van der Waals surface area contributed by atoms with Crippen LogP contribution in [0.25, 0.3) is 0 Å². The lowest BCUT2D eigenvalue weighted by Gasteiger charge is -2.29. The third-order valence-electron chi connectivity index (χ3n) is 4.44. The fraction of sp³-hybridized carbons (Fsp3) is 0.300. The van der Waals surface area contributed by atoms with E-state index in [9.17, 15) is 14.4 Å². The van der Waals surface area contributed by atoms with Crippen molar-refractivity contribution in [1.82, 2.24) is 15.8 Å². The predicted octanol–water partition coefficient (Wildman–Crippen LogP) is 2.97. The van der Waals surface area contributed by atoms with Crippen LogP contribution in [-0.2, 0) is 14.3 Å². The van der Waals surface area contributed by atoms with E-state index < -0.39 is 24.0 Å². The smallest absolute Gasteiger partial charge is 0.344 e. The summed E-state index contributed by atoms with van der Waals surface area (Å²) in [6, 6.07) is 5.31. The van der Waals surface area contributed by atoms with Gasteiger partial charge in [-0.1, -0.05) is 28.9 Å². The summed E-state index contributed by atoms with van der Waals surface area (Å²) in [5.74, 6) is -1.02. The predicted molar refractivity (Wildman–Crippen MR) is 106 cm³/mol. The lowest BCUT2D eigenvalue weighted by atomic mass is 9.95. The maximum absolute atomic E-state index is 12.7. The number of hydrogen-bond acceptors (Lipinski definition) is 7.